The molecule has 4 aromatic rings. The summed E-state index contributed by atoms with van der Waals surface area (Å²) in [4.78, 5) is 7.43. The molecule has 0 spiro atoms. The number of pyridine rings is 1. The van der Waals surface area contributed by atoms with Gasteiger partial charge in [0.1, 0.15) is 0 Å². The molecule has 0 aliphatic carbocycles. The number of aromatic nitrogens is 1. The van der Waals surface area contributed by atoms with Gasteiger partial charge in [-0.3, -0.25) is 0 Å². The van der Waals surface area contributed by atoms with Gasteiger partial charge in [-0.25, -0.2) is 0 Å². The van der Waals surface area contributed by atoms with Crippen LogP contribution in [0.15, 0.2) is 91.1 Å². The minimum atomic E-state index is -2.16. The number of anilines is 1. The first-order valence-electron chi connectivity index (χ1n) is 9.95. The molecular weight excluding hydrogens is 450 g/mol. The molecule has 0 unspecified atom stereocenters. The molecule has 3 aromatic carbocycles. The van der Waals surface area contributed by atoms with Gasteiger partial charge >= 0.3 is 174 Å². The third-order valence-electron chi connectivity index (χ3n) is 5.44. The fourth-order valence-electron chi connectivity index (χ4n) is 4.14. The summed E-state index contributed by atoms with van der Waals surface area (Å²) in [6.07, 6.45) is 4.59. The fourth-order valence-corrected chi connectivity index (χ4v) is 11.0. The molecule has 0 radical (unpaired) electrons. The predicted octanol–water partition coefficient (Wildman–Crippen LogP) is 3.35. The number of hydrogen-bond acceptors (Lipinski definition) is 2. The standard InChI is InChI=1S/C13H13N2.2C6H5.Sb/c1-2-6-12-11(5-1)13(7-8-14-12)15-9-3-4-10-15;2*1-2-4-6-5-3-1;/h1-2,5,7-8H,3-4,9-10H2;2*1-5H;. The Bertz CT molecular complexity index is 1030. The maximum atomic E-state index is 4.90. The molecule has 1 fully saturated rings. The number of rotatable bonds is 4. The third-order valence-corrected chi connectivity index (χ3v) is 12.5. The molecule has 0 N–H and O–H groups in total. The molecule has 0 saturated carbocycles. The average Bonchev–Trinajstić information content (AvgIpc) is 3.30. The van der Waals surface area contributed by atoms with Crippen LogP contribution in [0.3, 0.4) is 0 Å². The molecule has 2 heterocycles. The molecule has 1 aromatic heterocycles. The van der Waals surface area contributed by atoms with Gasteiger partial charge < -0.3 is 0 Å². The van der Waals surface area contributed by atoms with E-state index in [4.69, 9.17) is 4.98 Å². The number of para-hydroxylation sites is 1. The van der Waals surface area contributed by atoms with Crippen LogP contribution in [-0.4, -0.2) is 38.3 Å². The van der Waals surface area contributed by atoms with Gasteiger partial charge in [-0.2, -0.15) is 0 Å². The van der Waals surface area contributed by atoms with Crippen LogP contribution in [0.25, 0.3) is 10.9 Å². The number of nitrogens with zero attached hydrogens (tertiary/aromatic N) is 2. The molecule has 0 bridgehead atoms. The Balaban J connectivity index is 1.72. The second kappa shape index (κ2) is 7.97. The Hall–Kier alpha value is -2.31. The molecular formula is C25H23N2Sb. The molecule has 5 rings (SSSR count). The van der Waals surface area contributed by atoms with Crippen molar-refractivity contribution in [2.45, 2.75) is 12.8 Å². The van der Waals surface area contributed by atoms with E-state index in [2.05, 4.69) is 89.8 Å². The predicted molar refractivity (Wildman–Crippen MR) is 121 cm³/mol. The van der Waals surface area contributed by atoms with Crippen LogP contribution in [0.2, 0.25) is 0 Å². The summed E-state index contributed by atoms with van der Waals surface area (Å²) in [7, 11) is 0. The summed E-state index contributed by atoms with van der Waals surface area (Å²) in [6, 6.07) is 31.1. The fraction of sp³-hybridized carbons (Fsp3) is 0.160. The van der Waals surface area contributed by atoms with E-state index in [1.165, 1.54) is 40.0 Å². The summed E-state index contributed by atoms with van der Waals surface area (Å²) in [5.41, 5.74) is 2.55. The van der Waals surface area contributed by atoms with Crippen LogP contribution in [0.5, 0.6) is 0 Å². The SMILES string of the molecule is c1cc[c]([Sb]([c]2ccccc2)[c]2cccc3c(N4CCCC4)ccnc23)cc1. The zero-order valence-corrected chi connectivity index (χ0v) is 18.4. The Morgan fingerprint density at radius 3 is 1.96 bits per heavy atom. The summed E-state index contributed by atoms with van der Waals surface area (Å²) >= 11 is -2.16. The number of hydrogen-bond donors (Lipinski definition) is 0. The maximum absolute atomic E-state index is 4.90. The Morgan fingerprint density at radius 2 is 1.32 bits per heavy atom. The molecule has 1 aliphatic heterocycles. The van der Waals surface area contributed by atoms with Crippen molar-refractivity contribution in [2.75, 3.05) is 18.0 Å². The molecule has 0 amide bonds. The molecule has 28 heavy (non-hydrogen) atoms. The van der Waals surface area contributed by atoms with Gasteiger partial charge in [-0.1, -0.05) is 0 Å². The van der Waals surface area contributed by atoms with Crippen molar-refractivity contribution >= 4 is 47.3 Å². The first kappa shape index (κ1) is 17.8. The van der Waals surface area contributed by atoms with Gasteiger partial charge in [-0.05, 0) is 0 Å². The monoisotopic (exact) mass is 472 g/mol. The van der Waals surface area contributed by atoms with Gasteiger partial charge in [0.2, 0.25) is 0 Å². The van der Waals surface area contributed by atoms with Crippen molar-refractivity contribution in [1.82, 2.24) is 4.98 Å². The van der Waals surface area contributed by atoms with E-state index in [0.717, 1.165) is 13.1 Å². The van der Waals surface area contributed by atoms with Crippen molar-refractivity contribution in [3.63, 3.8) is 0 Å². The average molecular weight is 473 g/mol. The van der Waals surface area contributed by atoms with E-state index >= 15 is 0 Å². The van der Waals surface area contributed by atoms with E-state index in [9.17, 15) is 0 Å². The van der Waals surface area contributed by atoms with Crippen molar-refractivity contribution in [1.29, 1.82) is 0 Å². The van der Waals surface area contributed by atoms with Gasteiger partial charge in [0.05, 0.1) is 0 Å². The molecule has 138 valence electrons. The molecule has 1 aliphatic rings. The van der Waals surface area contributed by atoms with Crippen LogP contribution < -0.4 is 15.4 Å². The Labute approximate surface area is 173 Å². The quantitative estimate of drug-likeness (QED) is 0.423. The first-order valence-corrected chi connectivity index (χ1v) is 13.8. The molecule has 1 saturated heterocycles. The van der Waals surface area contributed by atoms with E-state index < -0.39 is 20.2 Å². The van der Waals surface area contributed by atoms with Crippen LogP contribution in [0.1, 0.15) is 12.8 Å². The van der Waals surface area contributed by atoms with Gasteiger partial charge in [0.15, 0.2) is 0 Å². The van der Waals surface area contributed by atoms with Crippen molar-refractivity contribution < 1.29 is 0 Å². The van der Waals surface area contributed by atoms with Crippen molar-refractivity contribution in [3.05, 3.63) is 91.1 Å². The molecule has 3 heteroatoms. The third kappa shape index (κ3) is 3.31. The Kier molecular flexibility index (Phi) is 5.06. The second-order valence-electron chi connectivity index (χ2n) is 7.20. The van der Waals surface area contributed by atoms with Crippen LogP contribution in [0.4, 0.5) is 5.69 Å². The summed E-state index contributed by atoms with van der Waals surface area (Å²) in [5.74, 6) is 0. The normalized spacial score (nSPS) is 14.1. The van der Waals surface area contributed by atoms with E-state index in [0.29, 0.717) is 0 Å². The molecule has 0 atom stereocenters. The second-order valence-corrected chi connectivity index (χ2v) is 13.4. The Morgan fingerprint density at radius 1 is 0.679 bits per heavy atom. The molecule has 2 nitrogen and oxygen atoms in total. The number of benzene rings is 3. The van der Waals surface area contributed by atoms with E-state index in [-0.39, 0.29) is 0 Å². The van der Waals surface area contributed by atoms with Crippen LogP contribution in [0, 0.1) is 0 Å². The van der Waals surface area contributed by atoms with Crippen LogP contribution in [-0.2, 0) is 0 Å². The van der Waals surface area contributed by atoms with Gasteiger partial charge in [0.25, 0.3) is 0 Å². The summed E-state index contributed by atoms with van der Waals surface area (Å²) in [6.45, 7) is 2.32. The van der Waals surface area contributed by atoms with Crippen molar-refractivity contribution in [3.8, 4) is 0 Å². The number of fused-ring (bicyclic) bond motifs is 1. The topological polar surface area (TPSA) is 16.1 Å². The summed E-state index contributed by atoms with van der Waals surface area (Å²) < 4.78 is 4.43. The zero-order valence-electron chi connectivity index (χ0n) is 15.8. The summed E-state index contributed by atoms with van der Waals surface area (Å²) in [5, 5.41) is 1.31. The van der Waals surface area contributed by atoms with Gasteiger partial charge in [-0.15, -0.1) is 0 Å². The van der Waals surface area contributed by atoms with E-state index in [1.807, 2.05) is 6.20 Å². The van der Waals surface area contributed by atoms with Crippen LogP contribution >= 0.6 is 0 Å². The van der Waals surface area contributed by atoms with Gasteiger partial charge in [0, 0.05) is 0 Å². The zero-order chi connectivity index (χ0) is 18.8. The van der Waals surface area contributed by atoms with Crippen molar-refractivity contribution in [2.24, 2.45) is 0 Å². The minimum absolute atomic E-state index is 1.16. The van der Waals surface area contributed by atoms with E-state index in [1.54, 1.807) is 0 Å². The first-order chi connectivity index (χ1) is 13.9.